The minimum absolute atomic E-state index is 0.643. The number of benzene rings is 1. The maximum Gasteiger partial charge on any atom is 0.0635 e. The number of nitrogens with zero attached hydrogens (tertiary/aromatic N) is 2. The first kappa shape index (κ1) is 12.7. The summed E-state index contributed by atoms with van der Waals surface area (Å²) in [5.74, 6) is 0. The quantitative estimate of drug-likeness (QED) is 0.837. The second-order valence-electron chi connectivity index (χ2n) is 4.57. The van der Waals surface area contributed by atoms with Gasteiger partial charge in [-0.15, -0.1) is 0 Å². The normalized spacial score (nSPS) is 18.5. The van der Waals surface area contributed by atoms with Crippen molar-refractivity contribution in [3.63, 3.8) is 0 Å². The van der Waals surface area contributed by atoms with E-state index in [1.54, 1.807) is 0 Å². The Morgan fingerprint density at radius 3 is 2.41 bits per heavy atom. The third-order valence-electron chi connectivity index (χ3n) is 3.38. The van der Waals surface area contributed by atoms with E-state index in [1.165, 1.54) is 18.7 Å². The van der Waals surface area contributed by atoms with Gasteiger partial charge in [0.15, 0.2) is 0 Å². The summed E-state index contributed by atoms with van der Waals surface area (Å²) in [4.78, 5) is 4.95. The van der Waals surface area contributed by atoms with Crippen LogP contribution in [0.2, 0.25) is 5.02 Å². The van der Waals surface area contributed by atoms with Gasteiger partial charge in [0.2, 0.25) is 0 Å². The third-order valence-corrected chi connectivity index (χ3v) is 3.72. The second kappa shape index (κ2) is 5.71. The van der Waals surface area contributed by atoms with Gasteiger partial charge in [-0.05, 0) is 24.2 Å². The molecule has 2 N–H and O–H groups in total. The Morgan fingerprint density at radius 2 is 1.82 bits per heavy atom. The average Bonchev–Trinajstić information content (AvgIpc) is 2.35. The van der Waals surface area contributed by atoms with Gasteiger partial charge in [0.05, 0.1) is 10.7 Å². The first-order chi connectivity index (χ1) is 8.19. The van der Waals surface area contributed by atoms with E-state index in [0.717, 1.165) is 26.2 Å². The molecule has 1 aromatic rings. The van der Waals surface area contributed by atoms with Crippen LogP contribution in [0.15, 0.2) is 18.2 Å². The van der Waals surface area contributed by atoms with E-state index < -0.39 is 0 Å². The van der Waals surface area contributed by atoms with E-state index in [1.807, 2.05) is 12.1 Å². The molecule has 1 fully saturated rings. The van der Waals surface area contributed by atoms with Crippen LogP contribution in [-0.4, -0.2) is 42.5 Å². The molecule has 1 saturated heterocycles. The molecule has 1 aromatic carbocycles. The van der Waals surface area contributed by atoms with Gasteiger partial charge >= 0.3 is 0 Å². The summed E-state index contributed by atoms with van der Waals surface area (Å²) in [6, 6.07) is 5.92. The Hall–Kier alpha value is -0.770. The largest absolute Gasteiger partial charge is 0.398 e. The Bertz CT molecular complexity index is 373. The molecule has 94 valence electrons. The number of anilines is 1. The Balaban J connectivity index is 1.91. The van der Waals surface area contributed by atoms with Gasteiger partial charge in [-0.2, -0.15) is 0 Å². The molecule has 4 heteroatoms. The minimum atomic E-state index is 0.643. The molecule has 0 bridgehead atoms. The molecule has 3 nitrogen and oxygen atoms in total. The van der Waals surface area contributed by atoms with Gasteiger partial charge in [0.1, 0.15) is 0 Å². The molecule has 0 unspecified atom stereocenters. The number of halogens is 1. The zero-order valence-electron chi connectivity index (χ0n) is 10.3. The molecule has 0 amide bonds. The van der Waals surface area contributed by atoms with Crippen LogP contribution in [0.3, 0.4) is 0 Å². The lowest BCUT2D eigenvalue weighted by Gasteiger charge is -2.34. The zero-order chi connectivity index (χ0) is 12.3. The van der Waals surface area contributed by atoms with Gasteiger partial charge in [0.25, 0.3) is 0 Å². The van der Waals surface area contributed by atoms with Gasteiger partial charge in [-0.1, -0.05) is 24.6 Å². The molecule has 1 aliphatic rings. The first-order valence-corrected chi connectivity index (χ1v) is 6.55. The Labute approximate surface area is 108 Å². The van der Waals surface area contributed by atoms with E-state index in [2.05, 4.69) is 22.8 Å². The molecule has 0 spiro atoms. The topological polar surface area (TPSA) is 32.5 Å². The summed E-state index contributed by atoms with van der Waals surface area (Å²) < 4.78 is 0. The van der Waals surface area contributed by atoms with Crippen molar-refractivity contribution in [1.82, 2.24) is 9.80 Å². The van der Waals surface area contributed by atoms with Crippen LogP contribution in [0.1, 0.15) is 12.5 Å². The molecule has 0 atom stereocenters. The summed E-state index contributed by atoms with van der Waals surface area (Å²) in [7, 11) is 0. The molecule has 0 saturated carbocycles. The Kier molecular flexibility index (Phi) is 4.26. The predicted molar refractivity (Wildman–Crippen MR) is 73.3 cm³/mol. The van der Waals surface area contributed by atoms with Crippen LogP contribution in [0, 0.1) is 0 Å². The monoisotopic (exact) mass is 253 g/mol. The van der Waals surface area contributed by atoms with Crippen LogP contribution in [0.4, 0.5) is 5.69 Å². The number of hydrogen-bond donors (Lipinski definition) is 1. The Morgan fingerprint density at radius 1 is 1.18 bits per heavy atom. The molecular weight excluding hydrogens is 234 g/mol. The van der Waals surface area contributed by atoms with Crippen molar-refractivity contribution in [2.45, 2.75) is 13.5 Å². The van der Waals surface area contributed by atoms with Crippen LogP contribution in [0.25, 0.3) is 0 Å². The third kappa shape index (κ3) is 3.35. The van der Waals surface area contributed by atoms with Crippen molar-refractivity contribution in [3.05, 3.63) is 28.8 Å². The highest BCUT2D eigenvalue weighted by molar-refractivity contribution is 6.33. The van der Waals surface area contributed by atoms with Gasteiger partial charge < -0.3 is 10.6 Å². The molecule has 1 heterocycles. The minimum Gasteiger partial charge on any atom is -0.398 e. The number of likely N-dealkylation sites (N-methyl/N-ethyl adjacent to an activating group) is 1. The zero-order valence-corrected chi connectivity index (χ0v) is 11.1. The van der Waals surface area contributed by atoms with E-state index in [-0.39, 0.29) is 0 Å². The van der Waals surface area contributed by atoms with Crippen LogP contribution in [-0.2, 0) is 6.54 Å². The summed E-state index contributed by atoms with van der Waals surface area (Å²) in [6.07, 6.45) is 0. The number of nitrogens with two attached hydrogens (primary N) is 1. The number of rotatable bonds is 3. The standard InChI is InChI=1S/C13H20ClN3/c1-2-16-5-7-17(8-6-16)10-11-3-4-12(14)13(15)9-11/h3-4,9H,2,5-8,10,15H2,1H3. The fourth-order valence-corrected chi connectivity index (χ4v) is 2.33. The van der Waals surface area contributed by atoms with Gasteiger partial charge in [-0.25, -0.2) is 0 Å². The lowest BCUT2D eigenvalue weighted by atomic mass is 10.1. The summed E-state index contributed by atoms with van der Waals surface area (Å²) in [5.41, 5.74) is 7.73. The lowest BCUT2D eigenvalue weighted by molar-refractivity contribution is 0.132. The van der Waals surface area contributed by atoms with E-state index in [0.29, 0.717) is 10.7 Å². The van der Waals surface area contributed by atoms with Crippen molar-refractivity contribution in [2.24, 2.45) is 0 Å². The van der Waals surface area contributed by atoms with E-state index >= 15 is 0 Å². The molecule has 0 aromatic heterocycles. The maximum absolute atomic E-state index is 5.92. The number of piperazine rings is 1. The van der Waals surface area contributed by atoms with Crippen LogP contribution < -0.4 is 5.73 Å². The highest BCUT2D eigenvalue weighted by Gasteiger charge is 2.15. The summed E-state index contributed by atoms with van der Waals surface area (Å²) in [6.45, 7) is 8.95. The highest BCUT2D eigenvalue weighted by atomic mass is 35.5. The summed E-state index contributed by atoms with van der Waals surface area (Å²) in [5, 5.41) is 0.643. The van der Waals surface area contributed by atoms with Gasteiger partial charge in [-0.3, -0.25) is 4.90 Å². The second-order valence-corrected chi connectivity index (χ2v) is 4.97. The molecule has 2 rings (SSSR count). The summed E-state index contributed by atoms with van der Waals surface area (Å²) >= 11 is 5.92. The molecule has 1 aliphatic heterocycles. The van der Waals surface area contributed by atoms with Crippen molar-refractivity contribution in [2.75, 3.05) is 38.5 Å². The van der Waals surface area contributed by atoms with Crippen molar-refractivity contribution in [3.8, 4) is 0 Å². The van der Waals surface area contributed by atoms with Crippen molar-refractivity contribution < 1.29 is 0 Å². The van der Waals surface area contributed by atoms with E-state index in [4.69, 9.17) is 17.3 Å². The van der Waals surface area contributed by atoms with Crippen molar-refractivity contribution >= 4 is 17.3 Å². The highest BCUT2D eigenvalue weighted by Crippen LogP contribution is 2.20. The average molecular weight is 254 g/mol. The van der Waals surface area contributed by atoms with Gasteiger partial charge in [0, 0.05) is 32.7 Å². The maximum atomic E-state index is 5.92. The molecular formula is C13H20ClN3. The number of nitrogen functional groups attached to an aromatic ring is 1. The fourth-order valence-electron chi connectivity index (χ4n) is 2.21. The van der Waals surface area contributed by atoms with Crippen molar-refractivity contribution in [1.29, 1.82) is 0 Å². The SMILES string of the molecule is CCN1CCN(Cc2ccc(Cl)c(N)c2)CC1. The van der Waals surface area contributed by atoms with Crippen LogP contribution in [0.5, 0.6) is 0 Å². The number of hydrogen-bond acceptors (Lipinski definition) is 3. The smallest absolute Gasteiger partial charge is 0.0635 e. The molecule has 17 heavy (non-hydrogen) atoms. The van der Waals surface area contributed by atoms with Crippen LogP contribution >= 0.6 is 11.6 Å². The molecule has 0 aliphatic carbocycles. The lowest BCUT2D eigenvalue weighted by Crippen LogP contribution is -2.45. The predicted octanol–water partition coefficient (Wildman–Crippen LogP) is 2.06. The van der Waals surface area contributed by atoms with E-state index in [9.17, 15) is 0 Å². The fraction of sp³-hybridized carbons (Fsp3) is 0.538. The first-order valence-electron chi connectivity index (χ1n) is 6.17. The molecule has 0 radical (unpaired) electrons.